The van der Waals surface area contributed by atoms with Gasteiger partial charge in [-0.3, -0.25) is 0 Å². The highest BCUT2D eigenvalue weighted by molar-refractivity contribution is 6.17. The van der Waals surface area contributed by atoms with Crippen LogP contribution in [0.3, 0.4) is 0 Å². The lowest BCUT2D eigenvalue weighted by molar-refractivity contribution is 0.702. The molecule has 1 rings (SSSR count). The summed E-state index contributed by atoms with van der Waals surface area (Å²) in [5, 5.41) is 0. The first-order chi connectivity index (χ1) is 5.74. The van der Waals surface area contributed by atoms with Crippen molar-refractivity contribution in [1.82, 2.24) is 0 Å². The fourth-order valence-corrected chi connectivity index (χ4v) is 1.42. The summed E-state index contributed by atoms with van der Waals surface area (Å²) in [6.45, 7) is 2.07. The van der Waals surface area contributed by atoms with E-state index >= 15 is 0 Å². The van der Waals surface area contributed by atoms with Crippen LogP contribution in [0.1, 0.15) is 23.6 Å². The van der Waals surface area contributed by atoms with Crippen LogP contribution in [0.4, 0.5) is 0 Å². The van der Waals surface area contributed by atoms with Gasteiger partial charge in [0.25, 0.3) is 0 Å². The van der Waals surface area contributed by atoms with Crippen LogP contribution in [0, 0.1) is 6.92 Å². The zero-order valence-electron chi connectivity index (χ0n) is 7.26. The molecule has 0 aliphatic heterocycles. The third kappa shape index (κ3) is 2.50. The molecule has 0 saturated heterocycles. The summed E-state index contributed by atoms with van der Waals surface area (Å²) in [6, 6.07) is 8.33. The number of rotatable bonds is 3. The summed E-state index contributed by atoms with van der Waals surface area (Å²) in [4.78, 5) is 0. The maximum atomic E-state index is 5.89. The lowest BCUT2D eigenvalue weighted by Gasteiger charge is -2.10. The molecule has 1 unspecified atom stereocenters. The van der Waals surface area contributed by atoms with E-state index in [1.807, 2.05) is 12.1 Å². The second-order valence-corrected chi connectivity index (χ2v) is 3.38. The van der Waals surface area contributed by atoms with Gasteiger partial charge in [0.15, 0.2) is 0 Å². The molecule has 0 aromatic heterocycles. The molecule has 0 bridgehead atoms. The second kappa shape index (κ2) is 4.48. The maximum Gasteiger partial charge on any atom is 0.0306 e. The summed E-state index contributed by atoms with van der Waals surface area (Å²) in [5.74, 6) is 0.620. The van der Waals surface area contributed by atoms with Crippen LogP contribution < -0.4 is 5.73 Å². The monoisotopic (exact) mass is 183 g/mol. The highest BCUT2D eigenvalue weighted by atomic mass is 35.5. The third-order valence-corrected chi connectivity index (χ3v) is 2.11. The van der Waals surface area contributed by atoms with Crippen LogP contribution in [0.5, 0.6) is 0 Å². The van der Waals surface area contributed by atoms with E-state index < -0.39 is 0 Å². The molecule has 0 aliphatic rings. The zero-order valence-corrected chi connectivity index (χ0v) is 8.01. The quantitative estimate of drug-likeness (QED) is 0.717. The van der Waals surface area contributed by atoms with Gasteiger partial charge < -0.3 is 5.73 Å². The number of hydrogen-bond donors (Lipinski definition) is 1. The minimum Gasteiger partial charge on any atom is -0.324 e. The molecular formula is C10H14ClN. The smallest absolute Gasteiger partial charge is 0.0306 e. The number of alkyl halides is 1. The minimum atomic E-state index is 0.0856. The topological polar surface area (TPSA) is 26.0 Å². The largest absolute Gasteiger partial charge is 0.324 e. The van der Waals surface area contributed by atoms with Gasteiger partial charge in [-0.05, 0) is 18.9 Å². The van der Waals surface area contributed by atoms with Gasteiger partial charge in [0, 0.05) is 11.9 Å². The lowest BCUT2D eigenvalue weighted by Crippen LogP contribution is -2.10. The molecule has 0 heterocycles. The van der Waals surface area contributed by atoms with E-state index in [0.717, 1.165) is 6.42 Å². The van der Waals surface area contributed by atoms with Gasteiger partial charge in [-0.2, -0.15) is 0 Å². The van der Waals surface area contributed by atoms with Gasteiger partial charge in [-0.1, -0.05) is 29.8 Å². The molecule has 0 spiro atoms. The Hall–Kier alpha value is -0.530. The Morgan fingerprint density at radius 1 is 1.50 bits per heavy atom. The number of benzene rings is 1. The summed E-state index contributed by atoms with van der Waals surface area (Å²) < 4.78 is 0. The van der Waals surface area contributed by atoms with E-state index in [9.17, 15) is 0 Å². The van der Waals surface area contributed by atoms with Crippen LogP contribution in [0.2, 0.25) is 0 Å². The Morgan fingerprint density at radius 2 is 2.25 bits per heavy atom. The highest BCUT2D eigenvalue weighted by Gasteiger charge is 2.03. The summed E-state index contributed by atoms with van der Waals surface area (Å²) in [7, 11) is 0. The zero-order chi connectivity index (χ0) is 8.97. The standard InChI is InChI=1S/C10H14ClN/c1-8-3-2-4-9(7-8)10(12)5-6-11/h2-4,7,10H,5-6,12H2,1H3. The second-order valence-electron chi connectivity index (χ2n) is 3.00. The van der Waals surface area contributed by atoms with Gasteiger partial charge in [-0.25, -0.2) is 0 Å². The van der Waals surface area contributed by atoms with Gasteiger partial charge in [0.2, 0.25) is 0 Å². The fourth-order valence-electron chi connectivity index (χ4n) is 1.18. The predicted octanol–water partition coefficient (Wildman–Crippen LogP) is 2.62. The van der Waals surface area contributed by atoms with Crippen molar-refractivity contribution < 1.29 is 0 Å². The van der Waals surface area contributed by atoms with Gasteiger partial charge in [-0.15, -0.1) is 11.6 Å². The Morgan fingerprint density at radius 3 is 2.83 bits per heavy atom. The van der Waals surface area contributed by atoms with E-state index in [4.69, 9.17) is 17.3 Å². The number of hydrogen-bond acceptors (Lipinski definition) is 1. The van der Waals surface area contributed by atoms with Crippen molar-refractivity contribution >= 4 is 11.6 Å². The molecule has 2 N–H and O–H groups in total. The van der Waals surface area contributed by atoms with Gasteiger partial charge in [0.05, 0.1) is 0 Å². The van der Waals surface area contributed by atoms with E-state index in [0.29, 0.717) is 5.88 Å². The molecule has 1 nitrogen and oxygen atoms in total. The predicted molar refractivity (Wildman–Crippen MR) is 53.4 cm³/mol. The lowest BCUT2D eigenvalue weighted by atomic mass is 10.0. The fraction of sp³-hybridized carbons (Fsp3) is 0.400. The number of aryl methyl sites for hydroxylation is 1. The van der Waals surface area contributed by atoms with Crippen molar-refractivity contribution in [2.45, 2.75) is 19.4 Å². The first kappa shape index (κ1) is 9.56. The van der Waals surface area contributed by atoms with E-state index in [2.05, 4.69) is 19.1 Å². The van der Waals surface area contributed by atoms with Crippen LogP contribution in [0.15, 0.2) is 24.3 Å². The van der Waals surface area contributed by atoms with Crippen molar-refractivity contribution in [3.05, 3.63) is 35.4 Å². The third-order valence-electron chi connectivity index (χ3n) is 1.89. The van der Waals surface area contributed by atoms with Gasteiger partial charge in [0.1, 0.15) is 0 Å². The SMILES string of the molecule is Cc1cccc(C(N)CCCl)c1. The molecule has 0 amide bonds. The number of halogens is 1. The van der Waals surface area contributed by atoms with Crippen molar-refractivity contribution in [3.63, 3.8) is 0 Å². The summed E-state index contributed by atoms with van der Waals surface area (Å²) >= 11 is 5.61. The highest BCUT2D eigenvalue weighted by Crippen LogP contribution is 2.15. The normalized spacial score (nSPS) is 12.9. The van der Waals surface area contributed by atoms with Gasteiger partial charge >= 0.3 is 0 Å². The van der Waals surface area contributed by atoms with Crippen LogP contribution >= 0.6 is 11.6 Å². The Bertz CT molecular complexity index is 247. The molecule has 1 aromatic rings. The van der Waals surface area contributed by atoms with E-state index in [1.54, 1.807) is 0 Å². The van der Waals surface area contributed by atoms with Crippen molar-refractivity contribution in [2.75, 3.05) is 5.88 Å². The maximum absolute atomic E-state index is 5.89. The first-order valence-corrected chi connectivity index (χ1v) is 4.65. The Kier molecular flexibility index (Phi) is 3.57. The molecule has 0 fully saturated rings. The molecule has 1 atom stereocenters. The number of nitrogens with two attached hydrogens (primary N) is 1. The Balaban J connectivity index is 2.73. The average molecular weight is 184 g/mol. The molecule has 12 heavy (non-hydrogen) atoms. The molecule has 0 radical (unpaired) electrons. The first-order valence-electron chi connectivity index (χ1n) is 4.12. The van der Waals surface area contributed by atoms with Crippen molar-refractivity contribution in [3.8, 4) is 0 Å². The molecule has 0 aliphatic carbocycles. The molecule has 1 aromatic carbocycles. The molecular weight excluding hydrogens is 170 g/mol. The molecule has 66 valence electrons. The Labute approximate surface area is 78.5 Å². The van der Waals surface area contributed by atoms with E-state index in [-0.39, 0.29) is 6.04 Å². The summed E-state index contributed by atoms with van der Waals surface area (Å²) in [5.41, 5.74) is 8.31. The van der Waals surface area contributed by atoms with E-state index in [1.165, 1.54) is 11.1 Å². The van der Waals surface area contributed by atoms with Crippen molar-refractivity contribution in [1.29, 1.82) is 0 Å². The van der Waals surface area contributed by atoms with Crippen LogP contribution in [-0.4, -0.2) is 5.88 Å². The minimum absolute atomic E-state index is 0.0856. The average Bonchev–Trinajstić information content (AvgIpc) is 2.05. The van der Waals surface area contributed by atoms with Crippen molar-refractivity contribution in [2.24, 2.45) is 5.73 Å². The van der Waals surface area contributed by atoms with Crippen LogP contribution in [0.25, 0.3) is 0 Å². The van der Waals surface area contributed by atoms with Crippen LogP contribution in [-0.2, 0) is 0 Å². The molecule has 2 heteroatoms. The molecule has 0 saturated carbocycles. The summed E-state index contributed by atoms with van der Waals surface area (Å²) in [6.07, 6.45) is 0.838.